The maximum Gasteiger partial charge on any atom is 0.530 e. The Kier molecular flexibility index (Phi) is 4.73. The van der Waals surface area contributed by atoms with Crippen molar-refractivity contribution in [2.75, 3.05) is 13.2 Å². The molecule has 114 valence electrons. The lowest BCUT2D eigenvalue weighted by molar-refractivity contribution is 0.167. The van der Waals surface area contributed by atoms with Gasteiger partial charge in [0.25, 0.3) is 0 Å². The van der Waals surface area contributed by atoms with E-state index in [9.17, 15) is 14.8 Å². The van der Waals surface area contributed by atoms with Crippen LogP contribution in [0.4, 0.5) is 0 Å². The van der Waals surface area contributed by atoms with Crippen molar-refractivity contribution in [2.45, 2.75) is 13.8 Å². The number of fused-ring (bicyclic) bond motifs is 1. The first-order valence-electron chi connectivity index (χ1n) is 6.52. The van der Waals surface area contributed by atoms with E-state index in [4.69, 9.17) is 13.6 Å². The van der Waals surface area contributed by atoms with Crippen LogP contribution in [0.3, 0.4) is 0 Å². The first kappa shape index (κ1) is 15.6. The zero-order valence-electron chi connectivity index (χ0n) is 11.8. The number of phosphoric ester groups is 1. The van der Waals surface area contributed by atoms with Gasteiger partial charge in [0.15, 0.2) is 0 Å². The molecule has 0 saturated carbocycles. The first-order valence-corrected chi connectivity index (χ1v) is 7.98. The van der Waals surface area contributed by atoms with Crippen molar-refractivity contribution in [3.8, 4) is 17.2 Å². The minimum Gasteiger partial charge on any atom is -0.507 e. The summed E-state index contributed by atoms with van der Waals surface area (Å²) in [6.07, 6.45) is 0. The van der Waals surface area contributed by atoms with Crippen LogP contribution in [0.25, 0.3) is 10.8 Å². The second-order valence-corrected chi connectivity index (χ2v) is 5.78. The van der Waals surface area contributed by atoms with Gasteiger partial charge >= 0.3 is 7.82 Å². The SMILES string of the molecule is CCOP(=O)(OCC)Oc1ccc2c(O)ccc(O)c2c1. The normalized spacial score (nSPS) is 11.7. The lowest BCUT2D eigenvalue weighted by atomic mass is 10.1. The van der Waals surface area contributed by atoms with Crippen molar-refractivity contribution in [2.24, 2.45) is 0 Å². The third-order valence-corrected chi connectivity index (χ3v) is 4.32. The molecule has 7 heteroatoms. The smallest absolute Gasteiger partial charge is 0.507 e. The molecule has 0 aromatic heterocycles. The molecule has 2 aromatic rings. The van der Waals surface area contributed by atoms with Gasteiger partial charge in [-0.3, -0.25) is 9.05 Å². The van der Waals surface area contributed by atoms with Gasteiger partial charge < -0.3 is 14.7 Å². The standard InChI is InChI=1S/C14H17O6P/c1-3-18-21(17,19-4-2)20-10-5-6-11-12(9-10)14(16)8-7-13(11)15/h5-9,15-16H,3-4H2,1-2H3. The number of phosphoric acid groups is 1. The first-order chi connectivity index (χ1) is 9.99. The summed E-state index contributed by atoms with van der Waals surface area (Å²) in [6, 6.07) is 7.30. The van der Waals surface area contributed by atoms with Crippen molar-refractivity contribution in [3.63, 3.8) is 0 Å². The summed E-state index contributed by atoms with van der Waals surface area (Å²) in [4.78, 5) is 0. The maximum absolute atomic E-state index is 12.3. The van der Waals surface area contributed by atoms with Gasteiger partial charge in [-0.05, 0) is 44.2 Å². The van der Waals surface area contributed by atoms with E-state index in [1.54, 1.807) is 19.9 Å². The van der Waals surface area contributed by atoms with Gasteiger partial charge in [-0.25, -0.2) is 4.57 Å². The molecule has 0 aliphatic rings. The molecule has 6 nitrogen and oxygen atoms in total. The number of benzene rings is 2. The predicted octanol–water partition coefficient (Wildman–Crippen LogP) is 3.81. The summed E-state index contributed by atoms with van der Waals surface area (Å²) in [5.41, 5.74) is 0. The summed E-state index contributed by atoms with van der Waals surface area (Å²) >= 11 is 0. The molecule has 0 spiro atoms. The molecule has 0 aliphatic heterocycles. The van der Waals surface area contributed by atoms with E-state index in [1.807, 2.05) is 0 Å². The fraction of sp³-hybridized carbons (Fsp3) is 0.286. The lowest BCUT2D eigenvalue weighted by Crippen LogP contribution is -2.02. The van der Waals surface area contributed by atoms with Crippen molar-refractivity contribution < 1.29 is 28.3 Å². The zero-order valence-corrected chi connectivity index (χ0v) is 12.7. The van der Waals surface area contributed by atoms with Crippen LogP contribution in [0.15, 0.2) is 30.3 Å². The van der Waals surface area contributed by atoms with Gasteiger partial charge in [0.1, 0.15) is 17.2 Å². The molecule has 0 amide bonds. The van der Waals surface area contributed by atoms with Crippen LogP contribution in [0.2, 0.25) is 0 Å². The Morgan fingerprint density at radius 3 is 2.10 bits per heavy atom. The lowest BCUT2D eigenvalue weighted by Gasteiger charge is -2.17. The summed E-state index contributed by atoms with van der Waals surface area (Å²) in [7, 11) is -3.69. The van der Waals surface area contributed by atoms with Crippen LogP contribution >= 0.6 is 7.82 Å². The number of hydrogen-bond acceptors (Lipinski definition) is 6. The molecule has 0 heterocycles. The number of aromatic hydroxyl groups is 2. The largest absolute Gasteiger partial charge is 0.530 e. The number of phenols is 2. The Hall–Kier alpha value is -1.75. The molecule has 2 N–H and O–H groups in total. The summed E-state index contributed by atoms with van der Waals surface area (Å²) in [5.74, 6) is 0.233. The maximum atomic E-state index is 12.3. The van der Waals surface area contributed by atoms with E-state index in [0.717, 1.165) is 0 Å². The fourth-order valence-corrected chi connectivity index (χ4v) is 3.07. The quantitative estimate of drug-likeness (QED) is 0.623. The minimum absolute atomic E-state index is 0.0177. The Balaban J connectivity index is 2.39. The average Bonchev–Trinajstić information content (AvgIpc) is 2.43. The summed E-state index contributed by atoms with van der Waals surface area (Å²) in [6.45, 7) is 3.71. The molecule has 0 radical (unpaired) electrons. The number of phenolic OH excluding ortho intramolecular Hbond substituents is 2. The van der Waals surface area contributed by atoms with Crippen LogP contribution in [0.1, 0.15) is 13.8 Å². The highest BCUT2D eigenvalue weighted by Crippen LogP contribution is 2.50. The Bertz CT molecular complexity index is 674. The molecule has 2 aromatic carbocycles. The van der Waals surface area contributed by atoms with E-state index in [0.29, 0.717) is 10.8 Å². The summed E-state index contributed by atoms with van der Waals surface area (Å²) in [5, 5.41) is 20.4. The van der Waals surface area contributed by atoms with Crippen molar-refractivity contribution in [3.05, 3.63) is 30.3 Å². The van der Waals surface area contributed by atoms with Gasteiger partial charge in [-0.2, -0.15) is 0 Å². The third kappa shape index (κ3) is 3.47. The second-order valence-electron chi connectivity index (χ2n) is 4.19. The van der Waals surface area contributed by atoms with Gasteiger partial charge in [0, 0.05) is 10.8 Å². The summed E-state index contributed by atoms with van der Waals surface area (Å²) < 4.78 is 27.7. The van der Waals surface area contributed by atoms with Crippen LogP contribution in [-0.2, 0) is 13.6 Å². The van der Waals surface area contributed by atoms with Crippen molar-refractivity contribution >= 4 is 18.6 Å². The molecule has 0 atom stereocenters. The fourth-order valence-electron chi connectivity index (χ4n) is 1.89. The highest BCUT2D eigenvalue weighted by molar-refractivity contribution is 7.48. The number of rotatable bonds is 6. The second kappa shape index (κ2) is 6.35. The zero-order chi connectivity index (χ0) is 15.5. The van der Waals surface area contributed by atoms with Gasteiger partial charge in [0.2, 0.25) is 0 Å². The minimum atomic E-state index is -3.69. The van der Waals surface area contributed by atoms with Gasteiger partial charge in [-0.15, -0.1) is 0 Å². The molecule has 2 rings (SSSR count). The molecule has 0 fully saturated rings. The Morgan fingerprint density at radius 2 is 1.52 bits per heavy atom. The highest BCUT2D eigenvalue weighted by atomic mass is 31.2. The molecule has 0 saturated heterocycles. The van der Waals surface area contributed by atoms with E-state index < -0.39 is 7.82 Å². The van der Waals surface area contributed by atoms with E-state index in [2.05, 4.69) is 0 Å². The van der Waals surface area contributed by atoms with Gasteiger partial charge in [0.05, 0.1) is 13.2 Å². The van der Waals surface area contributed by atoms with Crippen LogP contribution in [0.5, 0.6) is 17.2 Å². The molecule has 0 aliphatic carbocycles. The molecule has 21 heavy (non-hydrogen) atoms. The van der Waals surface area contributed by atoms with Crippen molar-refractivity contribution in [1.82, 2.24) is 0 Å². The van der Waals surface area contributed by atoms with Crippen LogP contribution < -0.4 is 4.52 Å². The molecular weight excluding hydrogens is 295 g/mol. The monoisotopic (exact) mass is 312 g/mol. The third-order valence-electron chi connectivity index (χ3n) is 2.73. The van der Waals surface area contributed by atoms with Crippen LogP contribution in [0, 0.1) is 0 Å². The molecule has 0 unspecified atom stereocenters. The highest BCUT2D eigenvalue weighted by Gasteiger charge is 2.27. The van der Waals surface area contributed by atoms with Crippen LogP contribution in [-0.4, -0.2) is 23.4 Å². The topological polar surface area (TPSA) is 85.2 Å². The van der Waals surface area contributed by atoms with Gasteiger partial charge in [-0.1, -0.05) is 0 Å². The van der Waals surface area contributed by atoms with E-state index >= 15 is 0 Å². The molecule has 0 bridgehead atoms. The molecular formula is C14H17O6P. The average molecular weight is 312 g/mol. The Labute approximate surface area is 122 Å². The van der Waals surface area contributed by atoms with E-state index in [1.165, 1.54) is 24.3 Å². The van der Waals surface area contributed by atoms with Crippen molar-refractivity contribution in [1.29, 1.82) is 0 Å². The Morgan fingerprint density at radius 1 is 0.952 bits per heavy atom. The van der Waals surface area contributed by atoms with E-state index in [-0.39, 0.29) is 30.5 Å². The number of hydrogen-bond donors (Lipinski definition) is 2. The predicted molar refractivity (Wildman–Crippen MR) is 78.8 cm³/mol.